The highest BCUT2D eigenvalue weighted by Gasteiger charge is 2.16. The van der Waals surface area contributed by atoms with Crippen LogP contribution >= 0.6 is 0 Å². The number of fused-ring (bicyclic) bond motifs is 1. The highest BCUT2D eigenvalue weighted by Crippen LogP contribution is 2.32. The summed E-state index contributed by atoms with van der Waals surface area (Å²) in [6.07, 6.45) is 0. The van der Waals surface area contributed by atoms with E-state index in [0.29, 0.717) is 11.5 Å². The summed E-state index contributed by atoms with van der Waals surface area (Å²) in [7, 11) is 0. The maximum Gasteiger partial charge on any atom is 0.309 e. The number of rotatable bonds is 4. The highest BCUT2D eigenvalue weighted by atomic mass is 16.7. The zero-order valence-corrected chi connectivity index (χ0v) is 13.5. The molecule has 0 saturated heterocycles. The summed E-state index contributed by atoms with van der Waals surface area (Å²) in [6, 6.07) is 7.19. The quantitative estimate of drug-likeness (QED) is 0.830. The summed E-state index contributed by atoms with van der Waals surface area (Å²) < 4.78 is 15.9. The molecule has 7 heteroatoms. The van der Waals surface area contributed by atoms with Gasteiger partial charge < -0.3 is 24.5 Å². The maximum atomic E-state index is 11.9. The molecule has 2 aromatic rings. The molecule has 0 radical (unpaired) electrons. The fourth-order valence-corrected chi connectivity index (χ4v) is 2.43. The molecule has 2 heterocycles. The number of aryl methyl sites for hydroxylation is 2. The van der Waals surface area contributed by atoms with Crippen molar-refractivity contribution in [2.75, 3.05) is 6.79 Å². The van der Waals surface area contributed by atoms with Crippen LogP contribution in [0, 0.1) is 13.8 Å². The first-order valence-electron chi connectivity index (χ1n) is 7.53. The van der Waals surface area contributed by atoms with E-state index in [1.807, 2.05) is 26.0 Å². The van der Waals surface area contributed by atoms with Crippen molar-refractivity contribution in [3.05, 3.63) is 46.9 Å². The summed E-state index contributed by atoms with van der Waals surface area (Å²) in [6.45, 7) is 4.32. The molecule has 0 fully saturated rings. The number of furan rings is 1. The van der Waals surface area contributed by atoms with E-state index in [4.69, 9.17) is 13.9 Å². The number of nitrogens with one attached hydrogen (secondary N) is 2. The zero-order valence-electron chi connectivity index (χ0n) is 13.5. The van der Waals surface area contributed by atoms with Crippen molar-refractivity contribution in [1.82, 2.24) is 10.6 Å². The molecule has 0 unspecified atom stereocenters. The van der Waals surface area contributed by atoms with Crippen LogP contribution in [0.25, 0.3) is 0 Å². The molecule has 1 aromatic heterocycles. The molecule has 0 bridgehead atoms. The van der Waals surface area contributed by atoms with Crippen molar-refractivity contribution in [2.45, 2.75) is 26.9 Å². The van der Waals surface area contributed by atoms with Crippen LogP contribution in [0.4, 0.5) is 0 Å². The summed E-state index contributed by atoms with van der Waals surface area (Å²) in [5.41, 5.74) is 1.67. The van der Waals surface area contributed by atoms with Crippen LogP contribution in [0.5, 0.6) is 11.5 Å². The molecule has 0 spiro atoms. The molecule has 3 rings (SSSR count). The fraction of sp³-hybridized carbons (Fsp3) is 0.294. The van der Waals surface area contributed by atoms with Gasteiger partial charge in [0.25, 0.3) is 0 Å². The lowest BCUT2D eigenvalue weighted by atomic mass is 10.2. The van der Waals surface area contributed by atoms with Gasteiger partial charge in [0.1, 0.15) is 11.5 Å². The molecule has 2 amide bonds. The summed E-state index contributed by atoms with van der Waals surface area (Å²) in [4.78, 5) is 23.7. The lowest BCUT2D eigenvalue weighted by molar-refractivity contribution is -0.139. The van der Waals surface area contributed by atoms with E-state index in [2.05, 4.69) is 10.6 Å². The summed E-state index contributed by atoms with van der Waals surface area (Å²) >= 11 is 0. The van der Waals surface area contributed by atoms with Crippen molar-refractivity contribution < 1.29 is 23.5 Å². The molecule has 0 aliphatic carbocycles. The van der Waals surface area contributed by atoms with Gasteiger partial charge in [0, 0.05) is 18.7 Å². The van der Waals surface area contributed by atoms with Crippen LogP contribution in [0.3, 0.4) is 0 Å². The molecule has 0 atom stereocenters. The van der Waals surface area contributed by atoms with E-state index in [1.54, 1.807) is 12.1 Å². The van der Waals surface area contributed by atoms with Gasteiger partial charge in [-0.15, -0.1) is 0 Å². The SMILES string of the molecule is Cc1cc(CNC(=O)C(=O)NCc2ccc3c(c2)OCO3)c(C)o1. The van der Waals surface area contributed by atoms with Crippen molar-refractivity contribution in [3.63, 3.8) is 0 Å². The smallest absolute Gasteiger partial charge is 0.309 e. The third kappa shape index (κ3) is 3.51. The minimum atomic E-state index is -0.689. The fourth-order valence-electron chi connectivity index (χ4n) is 2.43. The minimum Gasteiger partial charge on any atom is -0.466 e. The van der Waals surface area contributed by atoms with E-state index in [0.717, 1.165) is 22.6 Å². The lowest BCUT2D eigenvalue weighted by Crippen LogP contribution is -2.39. The first kappa shape index (κ1) is 15.9. The average molecular weight is 330 g/mol. The van der Waals surface area contributed by atoms with E-state index < -0.39 is 11.8 Å². The first-order valence-corrected chi connectivity index (χ1v) is 7.53. The van der Waals surface area contributed by atoms with Crippen LogP contribution in [-0.4, -0.2) is 18.6 Å². The zero-order chi connectivity index (χ0) is 17.1. The van der Waals surface area contributed by atoms with Crippen molar-refractivity contribution in [3.8, 4) is 11.5 Å². The predicted molar refractivity (Wildman–Crippen MR) is 84.4 cm³/mol. The van der Waals surface area contributed by atoms with E-state index in [9.17, 15) is 9.59 Å². The van der Waals surface area contributed by atoms with Crippen molar-refractivity contribution in [2.24, 2.45) is 0 Å². The topological polar surface area (TPSA) is 89.8 Å². The Morgan fingerprint density at radius 3 is 2.42 bits per heavy atom. The Morgan fingerprint density at radius 1 is 1.00 bits per heavy atom. The molecule has 0 saturated carbocycles. The molecule has 2 N–H and O–H groups in total. The van der Waals surface area contributed by atoms with Gasteiger partial charge in [-0.2, -0.15) is 0 Å². The molecule has 126 valence electrons. The largest absolute Gasteiger partial charge is 0.466 e. The Bertz CT molecular complexity index is 781. The Balaban J connectivity index is 1.49. The highest BCUT2D eigenvalue weighted by molar-refractivity contribution is 6.35. The van der Waals surface area contributed by atoms with Gasteiger partial charge >= 0.3 is 11.8 Å². The average Bonchev–Trinajstić information content (AvgIpc) is 3.15. The number of benzene rings is 1. The Kier molecular flexibility index (Phi) is 4.41. The Hall–Kier alpha value is -2.96. The number of amides is 2. The molecule has 7 nitrogen and oxygen atoms in total. The van der Waals surface area contributed by atoms with Gasteiger partial charge in [0.15, 0.2) is 11.5 Å². The third-order valence-electron chi connectivity index (χ3n) is 3.68. The Labute approximate surface area is 138 Å². The standard InChI is InChI=1S/C17H18N2O5/c1-10-5-13(11(2)24-10)8-19-17(21)16(20)18-7-12-3-4-14-15(6-12)23-9-22-14/h3-6H,7-9H2,1-2H3,(H,18,20)(H,19,21). The van der Waals surface area contributed by atoms with Gasteiger partial charge in [-0.25, -0.2) is 0 Å². The second-order valence-electron chi connectivity index (χ2n) is 5.49. The number of carbonyl (C=O) groups excluding carboxylic acids is 2. The van der Waals surface area contributed by atoms with Crippen LogP contribution in [-0.2, 0) is 22.7 Å². The van der Waals surface area contributed by atoms with Crippen LogP contribution in [0.1, 0.15) is 22.6 Å². The Morgan fingerprint density at radius 2 is 1.71 bits per heavy atom. The molecular formula is C17H18N2O5. The molecular weight excluding hydrogens is 312 g/mol. The third-order valence-corrected chi connectivity index (χ3v) is 3.68. The molecule has 1 aliphatic rings. The van der Waals surface area contributed by atoms with E-state index in [1.165, 1.54) is 0 Å². The second-order valence-corrected chi connectivity index (χ2v) is 5.49. The van der Waals surface area contributed by atoms with E-state index in [-0.39, 0.29) is 19.9 Å². The van der Waals surface area contributed by atoms with Gasteiger partial charge in [-0.05, 0) is 37.6 Å². The summed E-state index contributed by atoms with van der Waals surface area (Å²) in [5, 5.41) is 5.15. The van der Waals surface area contributed by atoms with Gasteiger partial charge in [0.05, 0.1) is 0 Å². The van der Waals surface area contributed by atoms with E-state index >= 15 is 0 Å². The maximum absolute atomic E-state index is 11.9. The molecule has 1 aliphatic heterocycles. The van der Waals surface area contributed by atoms with Crippen LogP contribution in [0.15, 0.2) is 28.7 Å². The molecule has 24 heavy (non-hydrogen) atoms. The van der Waals surface area contributed by atoms with Gasteiger partial charge in [0.2, 0.25) is 6.79 Å². The normalized spacial score (nSPS) is 12.1. The van der Waals surface area contributed by atoms with Crippen LogP contribution in [0.2, 0.25) is 0 Å². The lowest BCUT2D eigenvalue weighted by Gasteiger charge is -2.07. The van der Waals surface area contributed by atoms with Crippen molar-refractivity contribution >= 4 is 11.8 Å². The van der Waals surface area contributed by atoms with Crippen LogP contribution < -0.4 is 20.1 Å². The second kappa shape index (κ2) is 6.66. The summed E-state index contributed by atoms with van der Waals surface area (Å²) in [5.74, 6) is 1.43. The minimum absolute atomic E-state index is 0.195. The monoisotopic (exact) mass is 330 g/mol. The predicted octanol–water partition coefficient (Wildman–Crippen LogP) is 1.56. The number of hydrogen-bond donors (Lipinski definition) is 2. The number of ether oxygens (including phenoxy) is 2. The van der Waals surface area contributed by atoms with Gasteiger partial charge in [-0.1, -0.05) is 6.07 Å². The number of hydrogen-bond acceptors (Lipinski definition) is 5. The van der Waals surface area contributed by atoms with Crippen molar-refractivity contribution in [1.29, 1.82) is 0 Å². The number of carbonyl (C=O) groups is 2. The first-order chi connectivity index (χ1) is 11.5. The molecule has 1 aromatic carbocycles. The van der Waals surface area contributed by atoms with Gasteiger partial charge in [-0.3, -0.25) is 9.59 Å².